The van der Waals surface area contributed by atoms with Crippen LogP contribution < -0.4 is 10.1 Å². The lowest BCUT2D eigenvalue weighted by molar-refractivity contribution is 0.321. The van der Waals surface area contributed by atoms with Crippen molar-refractivity contribution >= 4 is 23.1 Å². The van der Waals surface area contributed by atoms with Gasteiger partial charge in [0, 0.05) is 17.8 Å². The highest BCUT2D eigenvalue weighted by atomic mass is 35.5. The molecule has 0 saturated carbocycles. The van der Waals surface area contributed by atoms with Gasteiger partial charge in [-0.15, -0.1) is 0 Å². The Balaban J connectivity index is 2.21. The van der Waals surface area contributed by atoms with E-state index in [0.29, 0.717) is 29.1 Å². The molecule has 1 N–H and O–H groups in total. The smallest absolute Gasteiger partial charge is 0.167 e. The third-order valence-corrected chi connectivity index (χ3v) is 2.50. The van der Waals surface area contributed by atoms with Gasteiger partial charge in [0.05, 0.1) is 6.61 Å². The number of halogens is 2. The molecule has 0 aliphatic heterocycles. The molecule has 0 aliphatic rings. The molecule has 0 amide bonds. The predicted molar refractivity (Wildman–Crippen MR) is 72.6 cm³/mol. The van der Waals surface area contributed by atoms with Gasteiger partial charge in [0.2, 0.25) is 0 Å². The van der Waals surface area contributed by atoms with Crippen LogP contribution in [0.25, 0.3) is 0 Å². The molecule has 6 heteroatoms. The number of anilines is 2. The Morgan fingerprint density at radius 1 is 1.32 bits per heavy atom. The minimum atomic E-state index is -0.427. The van der Waals surface area contributed by atoms with Crippen LogP contribution in [0.2, 0.25) is 5.15 Å². The van der Waals surface area contributed by atoms with Gasteiger partial charge < -0.3 is 10.1 Å². The summed E-state index contributed by atoms with van der Waals surface area (Å²) >= 11 is 5.83. The van der Waals surface area contributed by atoms with Crippen LogP contribution >= 0.6 is 11.6 Å². The summed E-state index contributed by atoms with van der Waals surface area (Å²) in [7, 11) is 0. The van der Waals surface area contributed by atoms with E-state index in [1.807, 2.05) is 0 Å². The van der Waals surface area contributed by atoms with Gasteiger partial charge in [-0.3, -0.25) is 0 Å². The van der Waals surface area contributed by atoms with E-state index in [4.69, 9.17) is 16.3 Å². The van der Waals surface area contributed by atoms with E-state index in [2.05, 4.69) is 15.3 Å². The van der Waals surface area contributed by atoms with Gasteiger partial charge in [-0.1, -0.05) is 11.6 Å². The van der Waals surface area contributed by atoms with Crippen LogP contribution in [0.3, 0.4) is 0 Å². The molecule has 0 saturated heterocycles. The monoisotopic (exact) mass is 281 g/mol. The largest absolute Gasteiger partial charge is 0.491 e. The molecule has 1 aromatic heterocycles. The molecule has 1 heterocycles. The Morgan fingerprint density at radius 3 is 2.74 bits per heavy atom. The van der Waals surface area contributed by atoms with Crippen LogP contribution in [0.5, 0.6) is 5.75 Å². The number of nitrogens with one attached hydrogen (secondary N) is 1. The zero-order chi connectivity index (χ0) is 13.8. The highest BCUT2D eigenvalue weighted by Crippen LogP contribution is 2.23. The minimum absolute atomic E-state index is 0.227. The fourth-order valence-corrected chi connectivity index (χ4v) is 1.82. The first-order valence-corrected chi connectivity index (χ1v) is 6.17. The van der Waals surface area contributed by atoms with Crippen LogP contribution in [-0.2, 0) is 0 Å². The average Bonchev–Trinajstić information content (AvgIpc) is 2.31. The maximum Gasteiger partial charge on any atom is 0.167 e. The van der Waals surface area contributed by atoms with E-state index in [1.165, 1.54) is 6.07 Å². The van der Waals surface area contributed by atoms with Crippen LogP contribution in [0.1, 0.15) is 12.7 Å². The van der Waals surface area contributed by atoms with Crippen molar-refractivity contribution in [1.29, 1.82) is 0 Å². The number of aryl methyl sites for hydroxylation is 1. The normalized spacial score (nSPS) is 10.3. The highest BCUT2D eigenvalue weighted by Gasteiger charge is 2.06. The van der Waals surface area contributed by atoms with Crippen LogP contribution in [0.4, 0.5) is 15.9 Å². The Morgan fingerprint density at radius 2 is 2.11 bits per heavy atom. The summed E-state index contributed by atoms with van der Waals surface area (Å²) < 4.78 is 18.8. The second-order valence-electron chi connectivity index (χ2n) is 3.83. The van der Waals surface area contributed by atoms with Crippen molar-refractivity contribution in [2.45, 2.75) is 13.8 Å². The van der Waals surface area contributed by atoms with E-state index in [1.54, 1.807) is 32.0 Å². The SMILES string of the molecule is CCOc1ccc(Nc2cc(Cl)nc(C)n2)cc1F. The molecular formula is C13H13ClFN3O. The van der Waals surface area contributed by atoms with Gasteiger partial charge in [-0.2, -0.15) is 0 Å². The van der Waals surface area contributed by atoms with Crippen molar-refractivity contribution in [3.63, 3.8) is 0 Å². The average molecular weight is 282 g/mol. The summed E-state index contributed by atoms with van der Waals surface area (Å²) in [6, 6.07) is 6.19. The molecule has 0 aliphatic carbocycles. The summed E-state index contributed by atoms with van der Waals surface area (Å²) in [4.78, 5) is 8.11. The summed E-state index contributed by atoms with van der Waals surface area (Å²) in [5.74, 6) is 0.858. The Hall–Kier alpha value is -1.88. The molecule has 100 valence electrons. The molecule has 0 fully saturated rings. The predicted octanol–water partition coefficient (Wildman–Crippen LogP) is 3.72. The number of aromatic nitrogens is 2. The van der Waals surface area contributed by atoms with Crippen molar-refractivity contribution in [2.75, 3.05) is 11.9 Å². The van der Waals surface area contributed by atoms with Gasteiger partial charge in [-0.05, 0) is 26.0 Å². The summed E-state index contributed by atoms with van der Waals surface area (Å²) in [6.07, 6.45) is 0. The van der Waals surface area contributed by atoms with E-state index >= 15 is 0 Å². The highest BCUT2D eigenvalue weighted by molar-refractivity contribution is 6.29. The lowest BCUT2D eigenvalue weighted by Gasteiger charge is -2.09. The Bertz CT molecular complexity index is 572. The molecular weight excluding hydrogens is 269 g/mol. The van der Waals surface area contributed by atoms with Gasteiger partial charge in [0.25, 0.3) is 0 Å². The number of ether oxygens (including phenoxy) is 1. The molecule has 2 aromatic rings. The Kier molecular flexibility index (Phi) is 4.16. The minimum Gasteiger partial charge on any atom is -0.491 e. The molecule has 0 spiro atoms. The van der Waals surface area contributed by atoms with E-state index in [9.17, 15) is 4.39 Å². The number of hydrogen-bond donors (Lipinski definition) is 1. The topological polar surface area (TPSA) is 47.0 Å². The first-order chi connectivity index (χ1) is 9.08. The standard InChI is InChI=1S/C13H13ClFN3O/c1-3-19-11-5-4-9(6-10(11)15)18-13-7-12(14)16-8(2)17-13/h4-7H,3H2,1-2H3,(H,16,17,18). The second kappa shape index (κ2) is 5.84. The number of rotatable bonds is 4. The number of nitrogens with zero attached hydrogens (tertiary/aromatic N) is 2. The van der Waals surface area contributed by atoms with Crippen LogP contribution in [-0.4, -0.2) is 16.6 Å². The van der Waals surface area contributed by atoms with Gasteiger partial charge >= 0.3 is 0 Å². The molecule has 2 rings (SSSR count). The maximum absolute atomic E-state index is 13.7. The zero-order valence-corrected chi connectivity index (χ0v) is 11.3. The van der Waals surface area contributed by atoms with Crippen LogP contribution in [0.15, 0.2) is 24.3 Å². The summed E-state index contributed by atoms with van der Waals surface area (Å²) in [5.41, 5.74) is 0.565. The third-order valence-electron chi connectivity index (χ3n) is 2.31. The Labute approximate surface area is 115 Å². The van der Waals surface area contributed by atoms with Gasteiger partial charge in [0.1, 0.15) is 16.8 Å². The molecule has 4 nitrogen and oxygen atoms in total. The molecule has 19 heavy (non-hydrogen) atoms. The quantitative estimate of drug-likeness (QED) is 0.868. The second-order valence-corrected chi connectivity index (χ2v) is 4.21. The van der Waals surface area contributed by atoms with Gasteiger partial charge in [0.15, 0.2) is 11.6 Å². The fraction of sp³-hybridized carbons (Fsp3) is 0.231. The van der Waals surface area contributed by atoms with E-state index in [-0.39, 0.29) is 5.75 Å². The molecule has 0 bridgehead atoms. The van der Waals surface area contributed by atoms with Crippen molar-refractivity contribution in [3.8, 4) is 5.75 Å². The summed E-state index contributed by atoms with van der Waals surface area (Å²) in [6.45, 7) is 3.96. The van der Waals surface area contributed by atoms with E-state index in [0.717, 1.165) is 0 Å². The zero-order valence-electron chi connectivity index (χ0n) is 10.6. The fourth-order valence-electron chi connectivity index (χ4n) is 1.59. The molecule has 1 aromatic carbocycles. The summed E-state index contributed by atoms with van der Waals surface area (Å²) in [5, 5.41) is 3.30. The number of hydrogen-bond acceptors (Lipinski definition) is 4. The first kappa shape index (κ1) is 13.5. The van der Waals surface area contributed by atoms with Crippen molar-refractivity contribution in [1.82, 2.24) is 9.97 Å². The number of benzene rings is 1. The lowest BCUT2D eigenvalue weighted by Crippen LogP contribution is -1.99. The first-order valence-electron chi connectivity index (χ1n) is 5.79. The molecule has 0 radical (unpaired) electrons. The van der Waals surface area contributed by atoms with E-state index < -0.39 is 5.82 Å². The third kappa shape index (κ3) is 3.54. The van der Waals surface area contributed by atoms with Crippen LogP contribution in [0, 0.1) is 12.7 Å². The maximum atomic E-state index is 13.7. The van der Waals surface area contributed by atoms with Crippen molar-refractivity contribution < 1.29 is 9.13 Å². The molecule has 0 atom stereocenters. The van der Waals surface area contributed by atoms with Gasteiger partial charge in [-0.25, -0.2) is 14.4 Å². The van der Waals surface area contributed by atoms with Crippen molar-refractivity contribution in [2.24, 2.45) is 0 Å². The van der Waals surface area contributed by atoms with Crippen molar-refractivity contribution in [3.05, 3.63) is 41.1 Å². The molecule has 0 unspecified atom stereocenters. The lowest BCUT2D eigenvalue weighted by atomic mass is 10.3.